The zero-order valence-corrected chi connectivity index (χ0v) is 13.7. The van der Waals surface area contributed by atoms with Gasteiger partial charge in [0.15, 0.2) is 0 Å². The molecule has 1 aliphatic rings. The molecule has 1 saturated heterocycles. The highest BCUT2D eigenvalue weighted by atomic mass is 35.5. The van der Waals surface area contributed by atoms with Crippen molar-refractivity contribution >= 4 is 11.7 Å². The van der Waals surface area contributed by atoms with Crippen molar-refractivity contribution in [1.82, 2.24) is 15.2 Å². The van der Waals surface area contributed by atoms with Crippen LogP contribution in [0, 0.1) is 0 Å². The monoisotopic (exact) mass is 337 g/mol. The molecular weight excluding hydrogens is 318 g/mol. The second-order valence-corrected chi connectivity index (χ2v) is 6.00. The molecule has 3 rings (SSSR count). The van der Waals surface area contributed by atoms with E-state index >= 15 is 0 Å². The van der Waals surface area contributed by atoms with Gasteiger partial charge in [0.1, 0.15) is 6.54 Å². The second kappa shape index (κ2) is 6.97. The molecule has 0 bridgehead atoms. The summed E-state index contributed by atoms with van der Waals surface area (Å²) in [6.45, 7) is 4.11. The highest BCUT2D eigenvalue weighted by molar-refractivity contribution is 5.96. The quantitative estimate of drug-likeness (QED) is 0.640. The standard InChI is InChI=1S/C15H20N5O2.ClH/c1-20(11-12-5-3-2-4-6-12)9-7-19(8-10-20)15(21)13-14(16)18-22-17-13;/h2-6H,7-11H2,1H3,(H2,16,18);1H/q+1;/p-1. The van der Waals surface area contributed by atoms with Crippen LogP contribution in [-0.4, -0.2) is 58.8 Å². The Hall–Kier alpha value is -2.12. The number of likely N-dealkylation sites (N-methyl/N-ethyl adjacent to an activating group) is 1. The number of aromatic nitrogens is 2. The van der Waals surface area contributed by atoms with Gasteiger partial charge in [-0.25, -0.2) is 4.63 Å². The number of anilines is 1. The molecule has 8 heteroatoms. The van der Waals surface area contributed by atoms with E-state index in [1.165, 1.54) is 5.56 Å². The lowest BCUT2D eigenvalue weighted by molar-refractivity contribution is -0.926. The molecule has 1 amide bonds. The number of nitrogens with zero attached hydrogens (tertiary/aromatic N) is 4. The maximum Gasteiger partial charge on any atom is 0.280 e. The Morgan fingerprint density at radius 1 is 1.26 bits per heavy atom. The Kier molecular flexibility index (Phi) is 5.23. The minimum atomic E-state index is -0.204. The van der Waals surface area contributed by atoms with E-state index in [1.807, 2.05) is 6.07 Å². The Morgan fingerprint density at radius 2 is 1.91 bits per heavy atom. The third-order valence-electron chi connectivity index (χ3n) is 4.23. The summed E-state index contributed by atoms with van der Waals surface area (Å²) < 4.78 is 5.42. The van der Waals surface area contributed by atoms with Gasteiger partial charge in [-0.1, -0.05) is 30.3 Å². The molecule has 7 nitrogen and oxygen atoms in total. The summed E-state index contributed by atoms with van der Waals surface area (Å²) in [5.41, 5.74) is 7.01. The van der Waals surface area contributed by atoms with Crippen LogP contribution >= 0.6 is 0 Å². The van der Waals surface area contributed by atoms with Gasteiger partial charge in [0.25, 0.3) is 5.91 Å². The first-order chi connectivity index (χ1) is 10.6. The molecule has 2 heterocycles. The van der Waals surface area contributed by atoms with Crippen molar-refractivity contribution in [3.8, 4) is 0 Å². The van der Waals surface area contributed by atoms with Crippen molar-refractivity contribution < 1.29 is 26.3 Å². The van der Waals surface area contributed by atoms with E-state index in [2.05, 4.69) is 46.3 Å². The minimum absolute atomic E-state index is 0. The van der Waals surface area contributed by atoms with Crippen LogP contribution in [-0.2, 0) is 6.54 Å². The van der Waals surface area contributed by atoms with Crippen LogP contribution < -0.4 is 18.1 Å². The van der Waals surface area contributed by atoms with E-state index < -0.39 is 0 Å². The summed E-state index contributed by atoms with van der Waals surface area (Å²) in [4.78, 5) is 14.1. The molecule has 2 N–H and O–H groups in total. The molecule has 1 aromatic carbocycles. The maximum atomic E-state index is 12.3. The van der Waals surface area contributed by atoms with Gasteiger partial charge in [-0.05, 0) is 10.3 Å². The molecule has 1 fully saturated rings. The van der Waals surface area contributed by atoms with Crippen LogP contribution in [0.4, 0.5) is 5.82 Å². The largest absolute Gasteiger partial charge is 1.00 e. The van der Waals surface area contributed by atoms with E-state index in [9.17, 15) is 4.79 Å². The molecule has 1 aromatic heterocycles. The first-order valence-corrected chi connectivity index (χ1v) is 7.32. The van der Waals surface area contributed by atoms with E-state index in [-0.39, 0.29) is 29.8 Å². The van der Waals surface area contributed by atoms with Gasteiger partial charge in [-0.3, -0.25) is 4.79 Å². The normalized spacial score (nSPS) is 16.7. The van der Waals surface area contributed by atoms with Gasteiger partial charge in [-0.2, -0.15) is 0 Å². The summed E-state index contributed by atoms with van der Waals surface area (Å²) in [6.07, 6.45) is 0. The molecule has 0 radical (unpaired) electrons. The SMILES string of the molecule is C[N+]1(Cc2ccccc2)CCN(C(=O)c2nonc2N)CC1.[Cl-]. The predicted molar refractivity (Wildman–Crippen MR) is 80.7 cm³/mol. The van der Waals surface area contributed by atoms with Crippen molar-refractivity contribution in [2.75, 3.05) is 39.0 Å². The smallest absolute Gasteiger partial charge is 0.280 e. The fourth-order valence-corrected chi connectivity index (χ4v) is 2.83. The van der Waals surface area contributed by atoms with Crippen molar-refractivity contribution in [2.45, 2.75) is 6.54 Å². The van der Waals surface area contributed by atoms with Crippen LogP contribution in [0.2, 0.25) is 0 Å². The Morgan fingerprint density at radius 3 is 2.48 bits per heavy atom. The number of piperazine rings is 1. The molecule has 0 unspecified atom stereocenters. The average molecular weight is 338 g/mol. The third-order valence-corrected chi connectivity index (χ3v) is 4.23. The number of carbonyl (C=O) groups excluding carboxylic acids is 1. The first-order valence-electron chi connectivity index (χ1n) is 7.32. The highest BCUT2D eigenvalue weighted by Crippen LogP contribution is 2.18. The van der Waals surface area contributed by atoms with Gasteiger partial charge < -0.3 is 27.5 Å². The summed E-state index contributed by atoms with van der Waals surface area (Å²) in [7, 11) is 2.22. The predicted octanol–water partition coefficient (Wildman–Crippen LogP) is -2.24. The van der Waals surface area contributed by atoms with Gasteiger partial charge in [0.2, 0.25) is 11.5 Å². The summed E-state index contributed by atoms with van der Waals surface area (Å²) in [6, 6.07) is 10.4. The van der Waals surface area contributed by atoms with Crippen molar-refractivity contribution in [3.63, 3.8) is 0 Å². The molecule has 1 aliphatic heterocycles. The highest BCUT2D eigenvalue weighted by Gasteiger charge is 2.33. The lowest BCUT2D eigenvalue weighted by Gasteiger charge is -2.41. The number of amides is 1. The van der Waals surface area contributed by atoms with E-state index in [0.717, 1.165) is 24.1 Å². The summed E-state index contributed by atoms with van der Waals surface area (Å²) in [5.74, 6) is -0.151. The third kappa shape index (κ3) is 3.80. The van der Waals surface area contributed by atoms with E-state index in [1.54, 1.807) is 4.90 Å². The van der Waals surface area contributed by atoms with Crippen LogP contribution in [0.1, 0.15) is 16.1 Å². The number of nitrogens with two attached hydrogens (primary N) is 1. The average Bonchev–Trinajstić information content (AvgIpc) is 2.94. The lowest BCUT2D eigenvalue weighted by atomic mass is 10.1. The van der Waals surface area contributed by atoms with Crippen LogP contribution in [0.5, 0.6) is 0 Å². The van der Waals surface area contributed by atoms with Crippen molar-refractivity contribution in [1.29, 1.82) is 0 Å². The number of rotatable bonds is 3. The van der Waals surface area contributed by atoms with Gasteiger partial charge >= 0.3 is 0 Å². The van der Waals surface area contributed by atoms with E-state index in [4.69, 9.17) is 5.73 Å². The van der Waals surface area contributed by atoms with Gasteiger partial charge in [-0.15, -0.1) is 0 Å². The molecule has 0 aliphatic carbocycles. The molecule has 2 aromatic rings. The first kappa shape index (κ1) is 17.2. The minimum Gasteiger partial charge on any atom is -1.00 e. The molecular formula is C15H20ClN5O2. The molecule has 23 heavy (non-hydrogen) atoms. The second-order valence-electron chi connectivity index (χ2n) is 6.00. The van der Waals surface area contributed by atoms with Crippen molar-refractivity contribution in [2.24, 2.45) is 0 Å². The maximum absolute atomic E-state index is 12.3. The van der Waals surface area contributed by atoms with E-state index in [0.29, 0.717) is 13.1 Å². The Labute approximate surface area is 141 Å². The zero-order valence-electron chi connectivity index (χ0n) is 13.0. The number of quaternary nitrogens is 1. The van der Waals surface area contributed by atoms with Crippen LogP contribution in [0.15, 0.2) is 35.0 Å². The number of benzene rings is 1. The molecule has 0 spiro atoms. The number of carbonyl (C=O) groups is 1. The number of nitrogen functional groups attached to an aromatic ring is 1. The fourth-order valence-electron chi connectivity index (χ4n) is 2.83. The molecule has 0 saturated carbocycles. The van der Waals surface area contributed by atoms with Crippen LogP contribution in [0.3, 0.4) is 0 Å². The zero-order chi connectivity index (χ0) is 15.6. The summed E-state index contributed by atoms with van der Waals surface area (Å²) >= 11 is 0. The van der Waals surface area contributed by atoms with Crippen molar-refractivity contribution in [3.05, 3.63) is 41.6 Å². The number of hydrogen-bond acceptors (Lipinski definition) is 5. The number of halogens is 1. The summed E-state index contributed by atoms with van der Waals surface area (Å²) in [5, 5.41) is 7.04. The molecule has 0 atom stereocenters. The van der Waals surface area contributed by atoms with Crippen LogP contribution in [0.25, 0.3) is 0 Å². The van der Waals surface area contributed by atoms with Gasteiger partial charge in [0.05, 0.1) is 33.2 Å². The number of hydrogen-bond donors (Lipinski definition) is 1. The van der Waals surface area contributed by atoms with Gasteiger partial charge in [0, 0.05) is 5.56 Å². The lowest BCUT2D eigenvalue weighted by Crippen LogP contribution is -3.00. The molecule has 124 valence electrons. The topological polar surface area (TPSA) is 85.2 Å². The fraction of sp³-hybridized carbons (Fsp3) is 0.400. The Balaban J connectivity index is 0.00000192. The Bertz CT molecular complexity index is 653.